The van der Waals surface area contributed by atoms with E-state index in [2.05, 4.69) is 25.6 Å². The molecule has 2 N–H and O–H groups in total. The SMILES string of the molecule is O=C(Nc1cnccc1-c1ccccc1F)c1ccnc(Nc2ccc(CF)cn2)c1. The zero-order chi connectivity index (χ0) is 21.6. The molecular weight excluding hydrogens is 400 g/mol. The largest absolute Gasteiger partial charge is 0.325 e. The summed E-state index contributed by atoms with van der Waals surface area (Å²) < 4.78 is 26.9. The molecule has 0 bridgehead atoms. The molecule has 0 fully saturated rings. The summed E-state index contributed by atoms with van der Waals surface area (Å²) in [4.78, 5) is 25.1. The Morgan fingerprint density at radius 3 is 2.55 bits per heavy atom. The molecule has 4 aromatic rings. The van der Waals surface area contributed by atoms with Gasteiger partial charge in [-0.05, 0) is 30.3 Å². The number of aromatic nitrogens is 3. The maximum absolute atomic E-state index is 14.2. The first-order chi connectivity index (χ1) is 15.1. The van der Waals surface area contributed by atoms with Crippen LogP contribution in [0.2, 0.25) is 0 Å². The number of halogens is 2. The maximum Gasteiger partial charge on any atom is 0.255 e. The van der Waals surface area contributed by atoms with E-state index in [-0.39, 0.29) is 0 Å². The van der Waals surface area contributed by atoms with Gasteiger partial charge in [0.1, 0.15) is 24.1 Å². The monoisotopic (exact) mass is 417 g/mol. The van der Waals surface area contributed by atoms with E-state index in [0.29, 0.717) is 39.6 Å². The Bertz CT molecular complexity index is 1210. The normalized spacial score (nSPS) is 10.5. The van der Waals surface area contributed by atoms with Gasteiger partial charge in [0, 0.05) is 40.8 Å². The molecule has 0 spiro atoms. The van der Waals surface area contributed by atoms with Crippen molar-refractivity contribution >= 4 is 23.2 Å². The topological polar surface area (TPSA) is 79.8 Å². The Hall–Kier alpha value is -4.20. The van der Waals surface area contributed by atoms with Crippen LogP contribution in [0.15, 0.2) is 79.4 Å². The summed E-state index contributed by atoms with van der Waals surface area (Å²) in [6.45, 7) is -0.593. The van der Waals surface area contributed by atoms with Gasteiger partial charge in [-0.1, -0.05) is 24.3 Å². The minimum Gasteiger partial charge on any atom is -0.325 e. The van der Waals surface area contributed by atoms with Crippen LogP contribution in [0.5, 0.6) is 0 Å². The fourth-order valence-corrected chi connectivity index (χ4v) is 2.95. The number of carbonyl (C=O) groups is 1. The van der Waals surface area contributed by atoms with Gasteiger partial charge in [0.2, 0.25) is 0 Å². The van der Waals surface area contributed by atoms with Gasteiger partial charge in [0.05, 0.1) is 11.9 Å². The van der Waals surface area contributed by atoms with E-state index < -0.39 is 18.4 Å². The van der Waals surface area contributed by atoms with Crippen LogP contribution >= 0.6 is 0 Å². The third-order valence-corrected chi connectivity index (χ3v) is 4.49. The van der Waals surface area contributed by atoms with Crippen LogP contribution in [-0.4, -0.2) is 20.9 Å². The number of benzene rings is 1. The van der Waals surface area contributed by atoms with Gasteiger partial charge in [-0.3, -0.25) is 9.78 Å². The van der Waals surface area contributed by atoms with Crippen LogP contribution in [0.1, 0.15) is 15.9 Å². The molecule has 0 unspecified atom stereocenters. The quantitative estimate of drug-likeness (QED) is 0.454. The molecule has 8 heteroatoms. The molecule has 0 atom stereocenters. The minimum atomic E-state index is -0.593. The highest BCUT2D eigenvalue weighted by atomic mass is 19.1. The summed E-state index contributed by atoms with van der Waals surface area (Å²) in [5.74, 6) is 0.0627. The van der Waals surface area contributed by atoms with Crippen molar-refractivity contribution in [2.24, 2.45) is 0 Å². The second-order valence-electron chi connectivity index (χ2n) is 6.60. The molecule has 0 aliphatic rings. The molecule has 6 nitrogen and oxygen atoms in total. The molecule has 1 aromatic carbocycles. The van der Waals surface area contributed by atoms with Crippen molar-refractivity contribution in [2.75, 3.05) is 10.6 Å². The number of pyridine rings is 3. The lowest BCUT2D eigenvalue weighted by Gasteiger charge is -2.12. The van der Waals surface area contributed by atoms with Gasteiger partial charge < -0.3 is 10.6 Å². The smallest absolute Gasteiger partial charge is 0.255 e. The Morgan fingerprint density at radius 1 is 0.903 bits per heavy atom. The first kappa shape index (κ1) is 20.1. The van der Waals surface area contributed by atoms with Crippen LogP contribution in [0.4, 0.5) is 26.1 Å². The molecule has 0 saturated carbocycles. The van der Waals surface area contributed by atoms with Crippen molar-refractivity contribution in [3.63, 3.8) is 0 Å². The van der Waals surface area contributed by atoms with Gasteiger partial charge in [-0.2, -0.15) is 0 Å². The number of carbonyl (C=O) groups excluding carboxylic acids is 1. The van der Waals surface area contributed by atoms with E-state index in [1.807, 2.05) is 0 Å². The molecule has 154 valence electrons. The molecule has 1 amide bonds. The summed E-state index contributed by atoms with van der Waals surface area (Å²) in [6, 6.07) is 14.3. The Morgan fingerprint density at radius 2 is 1.77 bits per heavy atom. The van der Waals surface area contributed by atoms with Gasteiger partial charge in [0.25, 0.3) is 5.91 Å². The van der Waals surface area contributed by atoms with E-state index in [1.54, 1.807) is 48.5 Å². The molecular formula is C23H17F2N5O. The van der Waals surface area contributed by atoms with Crippen molar-refractivity contribution in [3.05, 3.63) is 96.3 Å². The first-order valence-electron chi connectivity index (χ1n) is 9.38. The van der Waals surface area contributed by atoms with E-state index in [4.69, 9.17) is 0 Å². The summed E-state index contributed by atoms with van der Waals surface area (Å²) >= 11 is 0. The van der Waals surface area contributed by atoms with Gasteiger partial charge >= 0.3 is 0 Å². The zero-order valence-electron chi connectivity index (χ0n) is 16.2. The van der Waals surface area contributed by atoms with E-state index in [1.165, 1.54) is 30.9 Å². The molecule has 4 rings (SSSR count). The fraction of sp³-hybridized carbons (Fsp3) is 0.0435. The number of rotatable bonds is 6. The van der Waals surface area contributed by atoms with Crippen LogP contribution < -0.4 is 10.6 Å². The van der Waals surface area contributed by atoms with Gasteiger partial charge in [-0.25, -0.2) is 18.7 Å². The van der Waals surface area contributed by atoms with Crippen LogP contribution in [0, 0.1) is 5.82 Å². The molecule has 3 heterocycles. The zero-order valence-corrected chi connectivity index (χ0v) is 16.2. The highest BCUT2D eigenvalue weighted by Gasteiger charge is 2.14. The number of amides is 1. The maximum atomic E-state index is 14.2. The predicted molar refractivity (Wildman–Crippen MR) is 114 cm³/mol. The molecule has 3 aromatic heterocycles. The average Bonchev–Trinajstić information content (AvgIpc) is 2.81. The second-order valence-corrected chi connectivity index (χ2v) is 6.60. The van der Waals surface area contributed by atoms with Crippen LogP contribution in [0.3, 0.4) is 0 Å². The average molecular weight is 417 g/mol. The summed E-state index contributed by atoms with van der Waals surface area (Å²) in [5.41, 5.74) is 2.06. The predicted octanol–water partition coefficient (Wildman–Crippen LogP) is 5.14. The van der Waals surface area contributed by atoms with Crippen LogP contribution in [0.25, 0.3) is 11.1 Å². The number of nitrogens with one attached hydrogen (secondary N) is 2. The summed E-state index contributed by atoms with van der Waals surface area (Å²) in [7, 11) is 0. The minimum absolute atomic E-state index is 0.334. The number of anilines is 3. The second kappa shape index (κ2) is 9.08. The Balaban J connectivity index is 1.55. The Kier molecular flexibility index (Phi) is 5.89. The fourth-order valence-electron chi connectivity index (χ4n) is 2.95. The van der Waals surface area contributed by atoms with Crippen LogP contribution in [-0.2, 0) is 6.67 Å². The van der Waals surface area contributed by atoms with Crippen molar-refractivity contribution in [3.8, 4) is 11.1 Å². The molecule has 0 aliphatic carbocycles. The highest BCUT2D eigenvalue weighted by Crippen LogP contribution is 2.29. The molecule has 31 heavy (non-hydrogen) atoms. The highest BCUT2D eigenvalue weighted by molar-refractivity contribution is 6.06. The summed E-state index contributed by atoms with van der Waals surface area (Å²) in [6.07, 6.45) is 5.91. The molecule has 0 saturated heterocycles. The van der Waals surface area contributed by atoms with E-state index >= 15 is 0 Å². The third-order valence-electron chi connectivity index (χ3n) is 4.49. The van der Waals surface area contributed by atoms with Gasteiger partial charge in [-0.15, -0.1) is 0 Å². The number of hydrogen-bond acceptors (Lipinski definition) is 5. The van der Waals surface area contributed by atoms with Crippen molar-refractivity contribution in [1.82, 2.24) is 15.0 Å². The lowest BCUT2D eigenvalue weighted by molar-refractivity contribution is 0.102. The van der Waals surface area contributed by atoms with Crippen molar-refractivity contribution in [2.45, 2.75) is 6.67 Å². The Labute approximate surface area is 177 Å². The number of nitrogens with zero attached hydrogens (tertiary/aromatic N) is 3. The number of alkyl halides is 1. The van der Waals surface area contributed by atoms with Crippen molar-refractivity contribution < 1.29 is 13.6 Å². The first-order valence-corrected chi connectivity index (χ1v) is 9.38. The van der Waals surface area contributed by atoms with Crippen molar-refractivity contribution in [1.29, 1.82) is 0 Å². The van der Waals surface area contributed by atoms with E-state index in [0.717, 1.165) is 0 Å². The standard InChI is InChI=1S/C23H17F2N5O/c24-12-15-5-6-21(28-13-15)30-22-11-16(7-10-27-22)23(31)29-20-14-26-9-8-18(20)17-3-1-2-4-19(17)25/h1-11,13-14H,12H2,(H,29,31)(H,27,28,30). The lowest BCUT2D eigenvalue weighted by atomic mass is 10.0. The third kappa shape index (κ3) is 4.69. The molecule has 0 aliphatic heterocycles. The van der Waals surface area contributed by atoms with Gasteiger partial charge in [0.15, 0.2) is 0 Å². The summed E-state index contributed by atoms with van der Waals surface area (Å²) in [5, 5.41) is 5.75. The van der Waals surface area contributed by atoms with E-state index in [9.17, 15) is 13.6 Å². The molecule has 0 radical (unpaired) electrons. The lowest BCUT2D eigenvalue weighted by Crippen LogP contribution is -2.13. The number of hydrogen-bond donors (Lipinski definition) is 2.